The predicted molar refractivity (Wildman–Crippen MR) is 56.5 cm³/mol. The SMILES string of the molecule is N#CN(C(N)=O)C(=O)[CH]Cc1ccccc1. The Kier molecular flexibility index (Phi) is 4.04. The molecule has 0 aliphatic rings. The van der Waals surface area contributed by atoms with E-state index in [0.29, 0.717) is 11.3 Å². The number of benzene rings is 1. The van der Waals surface area contributed by atoms with Crippen LogP contribution in [-0.4, -0.2) is 16.8 Å². The van der Waals surface area contributed by atoms with Crippen molar-refractivity contribution in [3.8, 4) is 6.19 Å². The Bertz CT molecular complexity index is 423. The Hall–Kier alpha value is -2.35. The van der Waals surface area contributed by atoms with E-state index in [1.165, 1.54) is 12.6 Å². The van der Waals surface area contributed by atoms with Crippen molar-refractivity contribution in [2.24, 2.45) is 5.73 Å². The maximum absolute atomic E-state index is 11.3. The topological polar surface area (TPSA) is 87.2 Å². The van der Waals surface area contributed by atoms with Crippen LogP contribution in [0.4, 0.5) is 4.79 Å². The zero-order valence-corrected chi connectivity index (χ0v) is 8.46. The van der Waals surface area contributed by atoms with E-state index >= 15 is 0 Å². The first kappa shape index (κ1) is 11.7. The molecule has 0 heterocycles. The van der Waals surface area contributed by atoms with Gasteiger partial charge in [-0.25, -0.2) is 4.79 Å². The number of amides is 3. The van der Waals surface area contributed by atoms with Crippen LogP contribution >= 0.6 is 0 Å². The molecule has 0 bridgehead atoms. The summed E-state index contributed by atoms with van der Waals surface area (Å²) in [6.07, 6.45) is 3.01. The van der Waals surface area contributed by atoms with Crippen molar-refractivity contribution in [2.45, 2.75) is 6.42 Å². The van der Waals surface area contributed by atoms with Gasteiger partial charge in [0.15, 0.2) is 6.19 Å². The molecular weight excluding hydrogens is 206 g/mol. The summed E-state index contributed by atoms with van der Waals surface area (Å²) in [5.41, 5.74) is 5.76. The second kappa shape index (κ2) is 5.51. The lowest BCUT2D eigenvalue weighted by Gasteiger charge is -2.07. The van der Waals surface area contributed by atoms with Gasteiger partial charge in [0.05, 0.1) is 6.42 Å². The van der Waals surface area contributed by atoms with Gasteiger partial charge in [0.2, 0.25) is 5.91 Å². The monoisotopic (exact) mass is 216 g/mol. The summed E-state index contributed by atoms with van der Waals surface area (Å²) in [5.74, 6) is -0.709. The second-order valence-electron chi connectivity index (χ2n) is 3.01. The van der Waals surface area contributed by atoms with Gasteiger partial charge in [-0.2, -0.15) is 10.2 Å². The first-order chi connectivity index (χ1) is 7.65. The number of primary amides is 1. The number of carbonyl (C=O) groups is 2. The molecule has 0 atom stereocenters. The average Bonchev–Trinajstić information content (AvgIpc) is 2.28. The summed E-state index contributed by atoms with van der Waals surface area (Å²) in [5, 5.41) is 8.50. The van der Waals surface area contributed by atoms with Gasteiger partial charge in [-0.3, -0.25) is 4.79 Å². The van der Waals surface area contributed by atoms with E-state index in [1.54, 1.807) is 0 Å². The molecule has 3 amide bonds. The van der Waals surface area contributed by atoms with Crippen LogP contribution in [0.3, 0.4) is 0 Å². The fraction of sp³-hybridized carbons (Fsp3) is 0.0909. The standard InChI is InChI=1S/C11H10N3O2/c12-8-14(11(13)16)10(15)7-6-9-4-2-1-3-5-9/h1-5,7H,6H2,(H2,13,16). The van der Waals surface area contributed by atoms with Gasteiger partial charge < -0.3 is 5.73 Å². The highest BCUT2D eigenvalue weighted by Crippen LogP contribution is 2.03. The van der Waals surface area contributed by atoms with Crippen molar-refractivity contribution >= 4 is 11.9 Å². The number of nitrogens with two attached hydrogens (primary N) is 1. The third kappa shape index (κ3) is 3.10. The van der Waals surface area contributed by atoms with E-state index in [-0.39, 0.29) is 0 Å². The number of nitriles is 1. The molecule has 0 saturated heterocycles. The van der Waals surface area contributed by atoms with Gasteiger partial charge in [-0.15, -0.1) is 0 Å². The summed E-state index contributed by atoms with van der Waals surface area (Å²) in [6.45, 7) is 0. The number of rotatable bonds is 3. The molecule has 0 aliphatic heterocycles. The summed E-state index contributed by atoms with van der Waals surface area (Å²) in [4.78, 5) is 22.3. The summed E-state index contributed by atoms with van der Waals surface area (Å²) in [6, 6.07) is 8.14. The summed E-state index contributed by atoms with van der Waals surface area (Å²) < 4.78 is 0. The number of hydrogen-bond donors (Lipinski definition) is 1. The third-order valence-corrected chi connectivity index (χ3v) is 1.90. The van der Waals surface area contributed by atoms with Crippen molar-refractivity contribution in [2.75, 3.05) is 0 Å². The molecule has 0 unspecified atom stereocenters. The largest absolute Gasteiger partial charge is 0.350 e. The number of urea groups is 1. The van der Waals surface area contributed by atoms with E-state index in [0.717, 1.165) is 5.56 Å². The van der Waals surface area contributed by atoms with Gasteiger partial charge >= 0.3 is 6.03 Å². The lowest BCUT2D eigenvalue weighted by Crippen LogP contribution is -2.37. The second-order valence-corrected chi connectivity index (χ2v) is 3.01. The summed E-state index contributed by atoms with van der Waals surface area (Å²) >= 11 is 0. The lowest BCUT2D eigenvalue weighted by atomic mass is 10.1. The number of hydrogen-bond acceptors (Lipinski definition) is 3. The lowest BCUT2D eigenvalue weighted by molar-refractivity contribution is -0.122. The Morgan fingerprint density at radius 1 is 1.38 bits per heavy atom. The molecule has 5 heteroatoms. The van der Waals surface area contributed by atoms with Gasteiger partial charge in [0.1, 0.15) is 0 Å². The molecule has 5 nitrogen and oxygen atoms in total. The highest BCUT2D eigenvalue weighted by molar-refractivity contribution is 5.99. The van der Waals surface area contributed by atoms with Gasteiger partial charge in [0, 0.05) is 0 Å². The molecule has 0 saturated carbocycles. The summed E-state index contributed by atoms with van der Waals surface area (Å²) in [7, 11) is 0. The van der Waals surface area contributed by atoms with E-state index < -0.39 is 11.9 Å². The number of carbonyl (C=O) groups excluding carboxylic acids is 2. The molecule has 2 N–H and O–H groups in total. The van der Waals surface area contributed by atoms with Crippen molar-refractivity contribution in [1.82, 2.24) is 4.90 Å². The molecule has 0 fully saturated rings. The molecule has 0 aliphatic carbocycles. The zero-order valence-electron chi connectivity index (χ0n) is 8.46. The van der Waals surface area contributed by atoms with Crippen LogP contribution < -0.4 is 5.73 Å². The average molecular weight is 216 g/mol. The fourth-order valence-corrected chi connectivity index (χ4v) is 1.12. The normalized spacial score (nSPS) is 9.19. The quantitative estimate of drug-likeness (QED) is 0.599. The van der Waals surface area contributed by atoms with Crippen molar-refractivity contribution in [3.05, 3.63) is 42.3 Å². The highest BCUT2D eigenvalue weighted by Gasteiger charge is 2.18. The van der Waals surface area contributed by atoms with Crippen LogP contribution in [0.1, 0.15) is 5.56 Å². The van der Waals surface area contributed by atoms with Crippen LogP contribution in [0.25, 0.3) is 0 Å². The van der Waals surface area contributed by atoms with Crippen molar-refractivity contribution in [1.29, 1.82) is 5.26 Å². The zero-order chi connectivity index (χ0) is 12.0. The number of imide groups is 1. The Balaban J connectivity index is 2.54. The van der Waals surface area contributed by atoms with Crippen molar-refractivity contribution in [3.63, 3.8) is 0 Å². The van der Waals surface area contributed by atoms with Gasteiger partial charge in [-0.05, 0) is 12.0 Å². The van der Waals surface area contributed by atoms with Gasteiger partial charge in [-0.1, -0.05) is 30.3 Å². The van der Waals surface area contributed by atoms with E-state index in [9.17, 15) is 9.59 Å². The Labute approximate surface area is 93.1 Å². The first-order valence-corrected chi connectivity index (χ1v) is 4.55. The third-order valence-electron chi connectivity index (χ3n) is 1.90. The maximum atomic E-state index is 11.3. The molecule has 1 aromatic carbocycles. The first-order valence-electron chi connectivity index (χ1n) is 4.55. The van der Waals surface area contributed by atoms with E-state index in [4.69, 9.17) is 11.0 Å². The Morgan fingerprint density at radius 3 is 2.50 bits per heavy atom. The van der Waals surface area contributed by atoms with Crippen molar-refractivity contribution < 1.29 is 9.59 Å². The van der Waals surface area contributed by atoms with Crippen LogP contribution in [0.2, 0.25) is 0 Å². The minimum absolute atomic E-state index is 0.308. The van der Waals surface area contributed by atoms with E-state index in [2.05, 4.69) is 0 Å². The molecule has 1 aromatic rings. The van der Waals surface area contributed by atoms with Crippen LogP contribution in [0, 0.1) is 17.9 Å². The minimum atomic E-state index is -1.07. The minimum Gasteiger partial charge on any atom is -0.350 e. The highest BCUT2D eigenvalue weighted by atomic mass is 16.2. The molecule has 0 spiro atoms. The molecule has 0 aromatic heterocycles. The fourth-order valence-electron chi connectivity index (χ4n) is 1.12. The van der Waals surface area contributed by atoms with Gasteiger partial charge in [0.25, 0.3) is 0 Å². The number of nitrogens with zero attached hydrogens (tertiary/aromatic N) is 2. The predicted octanol–water partition coefficient (Wildman–Crippen LogP) is 0.822. The molecular formula is C11H10N3O2. The molecule has 1 rings (SSSR count). The molecule has 16 heavy (non-hydrogen) atoms. The molecule has 81 valence electrons. The smallest absolute Gasteiger partial charge is 0.335 e. The molecule has 1 radical (unpaired) electrons. The van der Waals surface area contributed by atoms with E-state index in [1.807, 2.05) is 30.3 Å². The Morgan fingerprint density at radius 2 is 2.00 bits per heavy atom. The van der Waals surface area contributed by atoms with Crippen LogP contribution in [0.15, 0.2) is 30.3 Å². The van der Waals surface area contributed by atoms with Crippen LogP contribution in [0.5, 0.6) is 0 Å². The maximum Gasteiger partial charge on any atom is 0.335 e. The van der Waals surface area contributed by atoms with Crippen LogP contribution in [-0.2, 0) is 11.2 Å².